The van der Waals surface area contributed by atoms with E-state index in [2.05, 4.69) is 0 Å². The van der Waals surface area contributed by atoms with Crippen LogP contribution >= 0.6 is 0 Å². The largest absolute Gasteiger partial charge is 0.269 e. The Labute approximate surface area is 131 Å². The number of hydrogen-bond donors (Lipinski definition) is 0. The third kappa shape index (κ3) is 3.84. The zero-order valence-corrected chi connectivity index (χ0v) is 13.9. The van der Waals surface area contributed by atoms with Gasteiger partial charge in [0.1, 0.15) is 0 Å². The molecule has 1 aromatic rings. The van der Waals surface area contributed by atoms with Crippen molar-refractivity contribution in [3.8, 4) is 0 Å². The normalized spacial score (nSPS) is 17.0. The van der Waals surface area contributed by atoms with Gasteiger partial charge in [0.05, 0.1) is 10.7 Å². The standard InChI is InChI=1S/C15H22N2O4S/c1-11(2)12(3)16(14-8-9-14)22(20,21)10-13-4-6-15(7-5-13)17(18)19/h4-7,11-12,14H,8-10H2,1-3H3. The monoisotopic (exact) mass is 326 g/mol. The summed E-state index contributed by atoms with van der Waals surface area (Å²) in [4.78, 5) is 10.2. The van der Waals surface area contributed by atoms with Gasteiger partial charge in [-0.15, -0.1) is 0 Å². The van der Waals surface area contributed by atoms with Crippen LogP contribution in [0.25, 0.3) is 0 Å². The molecule has 0 bridgehead atoms. The Morgan fingerprint density at radius 3 is 2.18 bits per heavy atom. The van der Waals surface area contributed by atoms with Gasteiger partial charge in [0, 0.05) is 24.2 Å². The van der Waals surface area contributed by atoms with Crippen molar-refractivity contribution in [2.45, 2.75) is 51.4 Å². The highest BCUT2D eigenvalue weighted by atomic mass is 32.2. The van der Waals surface area contributed by atoms with Crippen molar-refractivity contribution >= 4 is 15.7 Å². The smallest absolute Gasteiger partial charge is 0.258 e. The van der Waals surface area contributed by atoms with E-state index >= 15 is 0 Å². The fraction of sp³-hybridized carbons (Fsp3) is 0.600. The number of sulfonamides is 1. The lowest BCUT2D eigenvalue weighted by Gasteiger charge is -2.31. The molecular weight excluding hydrogens is 304 g/mol. The quantitative estimate of drug-likeness (QED) is 0.570. The maximum absolute atomic E-state index is 12.7. The third-order valence-corrected chi connectivity index (χ3v) is 6.06. The minimum absolute atomic E-state index is 0.0317. The van der Waals surface area contributed by atoms with E-state index in [0.29, 0.717) is 5.56 Å². The van der Waals surface area contributed by atoms with Crippen LogP contribution in [0.3, 0.4) is 0 Å². The van der Waals surface area contributed by atoms with Crippen LogP contribution in [0, 0.1) is 16.0 Å². The molecule has 1 fully saturated rings. The molecule has 0 radical (unpaired) electrons. The minimum atomic E-state index is -3.43. The molecule has 0 N–H and O–H groups in total. The molecule has 6 nitrogen and oxygen atoms in total. The number of rotatable bonds is 7. The molecule has 0 spiro atoms. The summed E-state index contributed by atoms with van der Waals surface area (Å²) in [6.45, 7) is 5.97. The second-order valence-electron chi connectivity index (χ2n) is 6.23. The average Bonchev–Trinajstić information content (AvgIpc) is 3.23. The van der Waals surface area contributed by atoms with Gasteiger partial charge in [-0.25, -0.2) is 8.42 Å². The summed E-state index contributed by atoms with van der Waals surface area (Å²) in [5.41, 5.74) is 0.544. The van der Waals surface area contributed by atoms with Gasteiger partial charge >= 0.3 is 0 Å². The third-order valence-electron chi connectivity index (χ3n) is 4.09. The molecule has 122 valence electrons. The van der Waals surface area contributed by atoms with E-state index < -0.39 is 14.9 Å². The second kappa shape index (κ2) is 6.34. The summed E-state index contributed by atoms with van der Waals surface area (Å²) < 4.78 is 27.1. The molecule has 1 aliphatic rings. The van der Waals surface area contributed by atoms with Gasteiger partial charge < -0.3 is 0 Å². The van der Waals surface area contributed by atoms with Crippen LogP contribution in [0.4, 0.5) is 5.69 Å². The number of nitro benzene ring substituents is 1. The first kappa shape index (κ1) is 16.9. The number of hydrogen-bond acceptors (Lipinski definition) is 4. The molecule has 0 aromatic heterocycles. The van der Waals surface area contributed by atoms with Crippen LogP contribution in [0.5, 0.6) is 0 Å². The van der Waals surface area contributed by atoms with Gasteiger partial charge in [0.25, 0.3) is 5.69 Å². The van der Waals surface area contributed by atoms with Crippen LogP contribution in [-0.4, -0.2) is 29.7 Å². The van der Waals surface area contributed by atoms with Crippen molar-refractivity contribution in [1.82, 2.24) is 4.31 Å². The highest BCUT2D eigenvalue weighted by Gasteiger charge is 2.40. The molecule has 0 heterocycles. The van der Waals surface area contributed by atoms with E-state index in [1.165, 1.54) is 24.3 Å². The van der Waals surface area contributed by atoms with Gasteiger partial charge in [0.2, 0.25) is 10.0 Å². The SMILES string of the molecule is CC(C)C(C)N(C1CC1)S(=O)(=O)Cc1ccc([N+](=O)[O-])cc1. The van der Waals surface area contributed by atoms with Crippen LogP contribution in [0.2, 0.25) is 0 Å². The summed E-state index contributed by atoms with van der Waals surface area (Å²) in [5, 5.41) is 10.6. The Balaban J connectivity index is 2.19. The van der Waals surface area contributed by atoms with Crippen molar-refractivity contribution in [2.24, 2.45) is 5.92 Å². The lowest BCUT2D eigenvalue weighted by molar-refractivity contribution is -0.384. The molecule has 1 aliphatic carbocycles. The highest BCUT2D eigenvalue weighted by Crippen LogP contribution is 2.34. The molecule has 22 heavy (non-hydrogen) atoms. The molecule has 1 saturated carbocycles. The van der Waals surface area contributed by atoms with Crippen LogP contribution < -0.4 is 0 Å². The van der Waals surface area contributed by atoms with Crippen molar-refractivity contribution in [2.75, 3.05) is 0 Å². The predicted molar refractivity (Wildman–Crippen MR) is 84.9 cm³/mol. The Bertz CT molecular complexity index is 636. The summed E-state index contributed by atoms with van der Waals surface area (Å²) in [6.07, 6.45) is 1.83. The highest BCUT2D eigenvalue weighted by molar-refractivity contribution is 7.88. The van der Waals surface area contributed by atoms with Crippen LogP contribution in [0.1, 0.15) is 39.2 Å². The van der Waals surface area contributed by atoms with Crippen molar-refractivity contribution in [1.29, 1.82) is 0 Å². The number of non-ortho nitro benzene ring substituents is 1. The lowest BCUT2D eigenvalue weighted by Crippen LogP contribution is -2.43. The molecule has 1 atom stereocenters. The lowest BCUT2D eigenvalue weighted by atomic mass is 10.1. The molecule has 7 heteroatoms. The van der Waals surface area contributed by atoms with E-state index in [-0.39, 0.29) is 29.4 Å². The molecule has 0 aliphatic heterocycles. The maximum Gasteiger partial charge on any atom is 0.269 e. The number of nitro groups is 1. The van der Waals surface area contributed by atoms with Gasteiger partial charge in [-0.05, 0) is 31.2 Å². The predicted octanol–water partition coefficient (Wildman–Crippen LogP) is 2.93. The zero-order valence-electron chi connectivity index (χ0n) is 13.1. The van der Waals surface area contributed by atoms with E-state index in [0.717, 1.165) is 12.8 Å². The van der Waals surface area contributed by atoms with E-state index in [1.807, 2.05) is 20.8 Å². The van der Waals surface area contributed by atoms with Crippen molar-refractivity contribution < 1.29 is 13.3 Å². The average molecular weight is 326 g/mol. The summed E-state index contributed by atoms with van der Waals surface area (Å²) in [5.74, 6) is 0.130. The molecular formula is C15H22N2O4S. The Hall–Kier alpha value is -1.47. The first-order chi connectivity index (χ1) is 10.2. The van der Waals surface area contributed by atoms with E-state index in [1.54, 1.807) is 4.31 Å². The van der Waals surface area contributed by atoms with Crippen molar-refractivity contribution in [3.63, 3.8) is 0 Å². The fourth-order valence-corrected chi connectivity index (χ4v) is 4.61. The van der Waals surface area contributed by atoms with Crippen molar-refractivity contribution in [3.05, 3.63) is 39.9 Å². The molecule has 2 rings (SSSR count). The zero-order chi connectivity index (χ0) is 16.5. The van der Waals surface area contributed by atoms with Gasteiger partial charge in [-0.1, -0.05) is 26.0 Å². The summed E-state index contributed by atoms with van der Waals surface area (Å²) in [6, 6.07) is 5.79. The first-order valence-electron chi connectivity index (χ1n) is 7.47. The summed E-state index contributed by atoms with van der Waals surface area (Å²) >= 11 is 0. The van der Waals surface area contributed by atoms with E-state index in [4.69, 9.17) is 0 Å². The number of benzene rings is 1. The molecule has 1 aromatic carbocycles. The number of nitrogens with zero attached hydrogens (tertiary/aromatic N) is 2. The van der Waals surface area contributed by atoms with Crippen LogP contribution in [-0.2, 0) is 15.8 Å². The van der Waals surface area contributed by atoms with Gasteiger partial charge in [-0.2, -0.15) is 4.31 Å². The topological polar surface area (TPSA) is 80.5 Å². The Morgan fingerprint density at radius 2 is 1.77 bits per heavy atom. The fourth-order valence-electron chi connectivity index (χ4n) is 2.43. The minimum Gasteiger partial charge on any atom is -0.258 e. The van der Waals surface area contributed by atoms with Gasteiger partial charge in [0.15, 0.2) is 0 Å². The molecule has 0 amide bonds. The van der Waals surface area contributed by atoms with E-state index in [9.17, 15) is 18.5 Å². The Kier molecular flexibility index (Phi) is 4.87. The first-order valence-corrected chi connectivity index (χ1v) is 9.08. The Morgan fingerprint density at radius 1 is 1.23 bits per heavy atom. The van der Waals surface area contributed by atoms with Crippen LogP contribution in [0.15, 0.2) is 24.3 Å². The maximum atomic E-state index is 12.7. The van der Waals surface area contributed by atoms with Gasteiger partial charge in [-0.3, -0.25) is 10.1 Å². The second-order valence-corrected chi connectivity index (χ2v) is 8.10. The molecule has 1 unspecified atom stereocenters. The summed E-state index contributed by atoms with van der Waals surface area (Å²) in [7, 11) is -3.43. The molecule has 0 saturated heterocycles.